The van der Waals surface area contributed by atoms with Gasteiger partial charge in [-0.05, 0) is 42.2 Å². The summed E-state index contributed by atoms with van der Waals surface area (Å²) in [5, 5.41) is 1.88. The van der Waals surface area contributed by atoms with E-state index < -0.39 is 0 Å². The van der Waals surface area contributed by atoms with Crippen LogP contribution in [0.3, 0.4) is 0 Å². The lowest BCUT2D eigenvalue weighted by atomic mass is 10.0. The van der Waals surface area contributed by atoms with E-state index in [9.17, 15) is 4.79 Å². The van der Waals surface area contributed by atoms with Gasteiger partial charge in [-0.2, -0.15) is 0 Å². The fraction of sp³-hybridized carbons (Fsp3) is 0.118. The van der Waals surface area contributed by atoms with E-state index in [1.54, 1.807) is 6.92 Å². The first kappa shape index (κ1) is 13.8. The first-order chi connectivity index (χ1) is 10.2. The lowest BCUT2D eigenvalue weighted by molar-refractivity contribution is -0.111. The zero-order valence-electron chi connectivity index (χ0n) is 11.5. The molecule has 0 spiro atoms. The molecule has 1 aliphatic rings. The van der Waals surface area contributed by atoms with Crippen LogP contribution in [0.4, 0.5) is 0 Å². The Morgan fingerprint density at radius 2 is 1.86 bits per heavy atom. The largest absolute Gasteiger partial charge is 0.454 e. The van der Waals surface area contributed by atoms with Crippen molar-refractivity contribution in [2.75, 3.05) is 6.79 Å². The quantitative estimate of drug-likeness (QED) is 0.628. The predicted molar refractivity (Wildman–Crippen MR) is 83.5 cm³/mol. The molecule has 0 unspecified atom stereocenters. The van der Waals surface area contributed by atoms with Gasteiger partial charge in [-0.3, -0.25) is 4.79 Å². The lowest BCUT2D eigenvalue weighted by Crippen LogP contribution is -1.95. The van der Waals surface area contributed by atoms with Gasteiger partial charge in [0.15, 0.2) is 17.3 Å². The molecule has 0 fully saturated rings. The molecule has 1 aliphatic heterocycles. The van der Waals surface area contributed by atoms with Crippen LogP contribution < -0.4 is 9.47 Å². The third-order valence-electron chi connectivity index (χ3n) is 3.12. The molecule has 3 nitrogen and oxygen atoms in total. The molecule has 1 heterocycles. The van der Waals surface area contributed by atoms with Gasteiger partial charge in [-0.25, -0.2) is 0 Å². The van der Waals surface area contributed by atoms with Gasteiger partial charge >= 0.3 is 0 Å². The van der Waals surface area contributed by atoms with Gasteiger partial charge in [0.1, 0.15) is 0 Å². The summed E-state index contributed by atoms with van der Waals surface area (Å²) >= 11 is 1.53. The smallest absolute Gasteiger partial charge is 0.231 e. The van der Waals surface area contributed by atoms with Crippen molar-refractivity contribution < 1.29 is 14.3 Å². The number of benzene rings is 2. The molecule has 0 N–H and O–H groups in total. The molecule has 2 aromatic carbocycles. The number of hydrogen-bond donors (Lipinski definition) is 0. The molecule has 0 saturated carbocycles. The van der Waals surface area contributed by atoms with Gasteiger partial charge in [-0.1, -0.05) is 36.0 Å². The molecular weight excluding hydrogens is 284 g/mol. The van der Waals surface area contributed by atoms with Crippen molar-refractivity contribution in [1.29, 1.82) is 0 Å². The fourth-order valence-electron chi connectivity index (χ4n) is 2.04. The Morgan fingerprint density at radius 1 is 1.10 bits per heavy atom. The van der Waals surface area contributed by atoms with Crippen molar-refractivity contribution in [2.45, 2.75) is 11.8 Å². The normalized spacial score (nSPS) is 13.3. The van der Waals surface area contributed by atoms with Crippen molar-refractivity contribution in [3.63, 3.8) is 0 Å². The van der Waals surface area contributed by atoms with Crippen LogP contribution in [0.25, 0.3) is 5.57 Å². The Labute approximate surface area is 127 Å². The highest BCUT2D eigenvalue weighted by Crippen LogP contribution is 2.35. The molecule has 0 atom stereocenters. The molecule has 0 saturated heterocycles. The van der Waals surface area contributed by atoms with Crippen LogP contribution in [-0.2, 0) is 4.79 Å². The number of ketones is 1. The number of hydrogen-bond acceptors (Lipinski definition) is 4. The van der Waals surface area contributed by atoms with Gasteiger partial charge in [0.2, 0.25) is 6.79 Å². The number of ether oxygens (including phenoxy) is 2. The van der Waals surface area contributed by atoms with Crippen molar-refractivity contribution in [3.05, 3.63) is 59.5 Å². The minimum Gasteiger partial charge on any atom is -0.454 e. The summed E-state index contributed by atoms with van der Waals surface area (Å²) in [6.07, 6.45) is 0. The van der Waals surface area contributed by atoms with E-state index in [4.69, 9.17) is 9.47 Å². The molecule has 0 amide bonds. The van der Waals surface area contributed by atoms with E-state index in [-0.39, 0.29) is 12.6 Å². The number of carbonyl (C=O) groups is 1. The van der Waals surface area contributed by atoms with Gasteiger partial charge in [-0.15, -0.1) is 0 Å². The summed E-state index contributed by atoms with van der Waals surface area (Å²) in [5.41, 5.74) is 1.51. The fourth-order valence-corrected chi connectivity index (χ4v) is 2.91. The van der Waals surface area contributed by atoms with Crippen LogP contribution in [0, 0.1) is 0 Å². The summed E-state index contributed by atoms with van der Waals surface area (Å²) < 4.78 is 10.7. The number of fused-ring (bicyclic) bond motifs is 1. The maximum atomic E-state index is 11.9. The van der Waals surface area contributed by atoms with Crippen LogP contribution in [0.1, 0.15) is 12.5 Å². The average Bonchev–Trinajstić information content (AvgIpc) is 2.96. The Kier molecular flexibility index (Phi) is 3.97. The maximum absolute atomic E-state index is 11.9. The van der Waals surface area contributed by atoms with E-state index in [0.717, 1.165) is 16.2 Å². The Morgan fingerprint density at radius 3 is 2.62 bits per heavy atom. The maximum Gasteiger partial charge on any atom is 0.231 e. The minimum atomic E-state index is 0.0253. The highest BCUT2D eigenvalue weighted by Gasteiger charge is 2.16. The molecule has 4 heteroatoms. The lowest BCUT2D eigenvalue weighted by Gasteiger charge is -2.06. The summed E-state index contributed by atoms with van der Waals surface area (Å²) in [6, 6.07) is 15.5. The number of allylic oxidation sites excluding steroid dienone is 1. The number of rotatable bonds is 4. The summed E-state index contributed by atoms with van der Waals surface area (Å²) in [5.74, 6) is 1.43. The van der Waals surface area contributed by atoms with E-state index in [1.165, 1.54) is 11.8 Å². The second kappa shape index (κ2) is 6.06. The van der Waals surface area contributed by atoms with Crippen LogP contribution in [0.15, 0.2) is 58.8 Å². The average molecular weight is 298 g/mol. The Bertz CT molecular complexity index is 692. The van der Waals surface area contributed by atoms with E-state index in [2.05, 4.69) is 0 Å². The third kappa shape index (κ3) is 3.11. The van der Waals surface area contributed by atoms with Crippen molar-refractivity contribution in [2.24, 2.45) is 0 Å². The van der Waals surface area contributed by atoms with Gasteiger partial charge in [0, 0.05) is 10.5 Å². The van der Waals surface area contributed by atoms with Crippen molar-refractivity contribution in [1.82, 2.24) is 0 Å². The van der Waals surface area contributed by atoms with Crippen LogP contribution in [0.5, 0.6) is 11.5 Å². The summed E-state index contributed by atoms with van der Waals surface area (Å²) in [4.78, 5) is 13.0. The monoisotopic (exact) mass is 298 g/mol. The highest BCUT2D eigenvalue weighted by atomic mass is 32.2. The van der Waals surface area contributed by atoms with E-state index in [1.807, 2.05) is 53.9 Å². The molecule has 0 aromatic heterocycles. The highest BCUT2D eigenvalue weighted by molar-refractivity contribution is 8.02. The first-order valence-corrected chi connectivity index (χ1v) is 7.45. The zero-order chi connectivity index (χ0) is 14.7. The molecule has 21 heavy (non-hydrogen) atoms. The Balaban J connectivity index is 1.89. The van der Waals surface area contributed by atoms with Gasteiger partial charge in [0.05, 0.1) is 0 Å². The number of carbonyl (C=O) groups excluding carboxylic acids is 1. The standard InChI is InChI=1S/C17H14O3S/c1-12(18)15(10-21-14-5-3-2-4-6-14)13-7-8-16-17(9-13)20-11-19-16/h2-10H,11H2,1H3/b15-10-. The first-order valence-electron chi connectivity index (χ1n) is 6.57. The molecular formula is C17H14O3S. The topological polar surface area (TPSA) is 35.5 Å². The van der Waals surface area contributed by atoms with Gasteiger partial charge in [0.25, 0.3) is 0 Å². The number of thioether (sulfide) groups is 1. The van der Waals surface area contributed by atoms with E-state index in [0.29, 0.717) is 11.3 Å². The molecule has 3 rings (SSSR count). The van der Waals surface area contributed by atoms with Crippen LogP contribution in [0.2, 0.25) is 0 Å². The SMILES string of the molecule is CC(=O)/C(=C/Sc1ccccc1)c1ccc2c(c1)OCO2. The Hall–Kier alpha value is -2.20. The molecule has 106 valence electrons. The molecule has 0 radical (unpaired) electrons. The molecule has 2 aromatic rings. The minimum absolute atomic E-state index is 0.0253. The second-order valence-corrected chi connectivity index (χ2v) is 5.53. The van der Waals surface area contributed by atoms with Crippen LogP contribution >= 0.6 is 11.8 Å². The van der Waals surface area contributed by atoms with Crippen molar-refractivity contribution >= 4 is 23.1 Å². The summed E-state index contributed by atoms with van der Waals surface area (Å²) in [7, 11) is 0. The second-order valence-electron chi connectivity index (χ2n) is 4.59. The zero-order valence-corrected chi connectivity index (χ0v) is 12.4. The third-order valence-corrected chi connectivity index (χ3v) is 4.02. The van der Waals surface area contributed by atoms with E-state index >= 15 is 0 Å². The van der Waals surface area contributed by atoms with Crippen molar-refractivity contribution in [3.8, 4) is 11.5 Å². The molecule has 0 bridgehead atoms. The summed E-state index contributed by atoms with van der Waals surface area (Å²) in [6.45, 7) is 1.80. The van der Waals surface area contributed by atoms with Gasteiger partial charge < -0.3 is 9.47 Å². The van der Waals surface area contributed by atoms with Crippen LogP contribution in [-0.4, -0.2) is 12.6 Å². The predicted octanol–water partition coefficient (Wildman–Crippen LogP) is 4.14. The number of Topliss-reactive ketones (excluding diaryl/α,β-unsaturated/α-hetero) is 1. The molecule has 0 aliphatic carbocycles.